The predicted octanol–water partition coefficient (Wildman–Crippen LogP) is 2.77. The Morgan fingerprint density at radius 3 is 2.43 bits per heavy atom. The van der Waals surface area contributed by atoms with E-state index in [0.29, 0.717) is 16.3 Å². The van der Waals surface area contributed by atoms with E-state index >= 15 is 0 Å². The molecule has 0 fully saturated rings. The second kappa shape index (κ2) is 5.10. The molecule has 1 aromatic heterocycles. The maximum absolute atomic E-state index is 12.4. The molecule has 6 heteroatoms. The first kappa shape index (κ1) is 13.5. The van der Waals surface area contributed by atoms with Crippen LogP contribution in [0.4, 0.5) is 0 Å². The van der Waals surface area contributed by atoms with Gasteiger partial charge in [-0.25, -0.2) is 0 Å². The first-order valence-corrected chi connectivity index (χ1v) is 6.53. The van der Waals surface area contributed by atoms with E-state index in [2.05, 4.69) is 0 Å². The van der Waals surface area contributed by atoms with Crippen LogP contribution in [0.15, 0.2) is 52.8 Å². The average Bonchev–Trinajstić information content (AvgIpc) is 3.05. The maximum Gasteiger partial charge on any atom is 0.296 e. The minimum absolute atomic E-state index is 0.0220. The van der Waals surface area contributed by atoms with E-state index < -0.39 is 17.6 Å². The van der Waals surface area contributed by atoms with Crippen molar-refractivity contribution < 1.29 is 19.1 Å². The molecule has 0 unspecified atom stereocenters. The SMILES string of the molecule is O=C1C(O)=C(c2ccc(Cl)cc2)C(=O)N1Cc1ccco1. The van der Waals surface area contributed by atoms with E-state index in [4.69, 9.17) is 16.0 Å². The zero-order valence-electron chi connectivity index (χ0n) is 10.7. The van der Waals surface area contributed by atoms with Gasteiger partial charge in [0.25, 0.3) is 11.8 Å². The Morgan fingerprint density at radius 1 is 1.10 bits per heavy atom. The lowest BCUT2D eigenvalue weighted by molar-refractivity contribution is -0.139. The Balaban J connectivity index is 1.93. The van der Waals surface area contributed by atoms with Crippen LogP contribution in [-0.2, 0) is 16.1 Å². The first-order chi connectivity index (χ1) is 10.1. The molecule has 0 saturated heterocycles. The van der Waals surface area contributed by atoms with E-state index in [1.165, 1.54) is 6.26 Å². The van der Waals surface area contributed by atoms with E-state index in [0.717, 1.165) is 4.90 Å². The number of carbonyl (C=O) groups is 2. The quantitative estimate of drug-likeness (QED) is 0.885. The fraction of sp³-hybridized carbons (Fsp3) is 0.0667. The van der Waals surface area contributed by atoms with Crippen LogP contribution in [0.25, 0.3) is 5.57 Å². The smallest absolute Gasteiger partial charge is 0.296 e. The van der Waals surface area contributed by atoms with Gasteiger partial charge in [-0.05, 0) is 29.8 Å². The Kier molecular flexibility index (Phi) is 3.27. The highest BCUT2D eigenvalue weighted by molar-refractivity contribution is 6.35. The summed E-state index contributed by atoms with van der Waals surface area (Å²) in [7, 11) is 0. The van der Waals surface area contributed by atoms with Crippen molar-refractivity contribution in [2.45, 2.75) is 6.54 Å². The van der Waals surface area contributed by atoms with Crippen molar-refractivity contribution in [2.75, 3.05) is 0 Å². The summed E-state index contributed by atoms with van der Waals surface area (Å²) in [6, 6.07) is 9.64. The minimum Gasteiger partial charge on any atom is -0.502 e. The average molecular weight is 304 g/mol. The third-order valence-corrected chi connectivity index (χ3v) is 3.42. The Morgan fingerprint density at radius 2 is 1.81 bits per heavy atom. The topological polar surface area (TPSA) is 70.8 Å². The van der Waals surface area contributed by atoms with Crippen molar-refractivity contribution >= 4 is 29.0 Å². The molecule has 0 radical (unpaired) electrons. The van der Waals surface area contributed by atoms with Crippen LogP contribution in [0.2, 0.25) is 5.02 Å². The van der Waals surface area contributed by atoms with Gasteiger partial charge in [0.05, 0.1) is 18.4 Å². The Labute approximate surface area is 125 Å². The molecule has 3 rings (SSSR count). The van der Waals surface area contributed by atoms with Crippen LogP contribution in [0, 0.1) is 0 Å². The van der Waals surface area contributed by atoms with Gasteiger partial charge in [-0.2, -0.15) is 0 Å². The number of carbonyl (C=O) groups excluding carboxylic acids is 2. The van der Waals surface area contributed by atoms with Gasteiger partial charge in [0, 0.05) is 5.02 Å². The number of rotatable bonds is 3. The first-order valence-electron chi connectivity index (χ1n) is 6.15. The number of aliphatic hydroxyl groups excluding tert-OH is 1. The summed E-state index contributed by atoms with van der Waals surface area (Å²) in [6.45, 7) is -0.0220. The lowest BCUT2D eigenvalue weighted by atomic mass is 10.1. The molecule has 0 spiro atoms. The number of imide groups is 1. The molecular weight excluding hydrogens is 294 g/mol. The zero-order valence-corrected chi connectivity index (χ0v) is 11.5. The molecule has 1 aromatic carbocycles. The molecule has 2 aromatic rings. The van der Waals surface area contributed by atoms with E-state index in [-0.39, 0.29) is 12.1 Å². The summed E-state index contributed by atoms with van der Waals surface area (Å²) in [5, 5.41) is 10.5. The molecule has 2 heterocycles. The molecule has 5 nitrogen and oxygen atoms in total. The number of hydrogen-bond donors (Lipinski definition) is 1. The molecule has 0 saturated carbocycles. The van der Waals surface area contributed by atoms with Gasteiger partial charge in [-0.15, -0.1) is 0 Å². The largest absolute Gasteiger partial charge is 0.502 e. The Bertz CT molecular complexity index is 732. The summed E-state index contributed by atoms with van der Waals surface area (Å²) in [4.78, 5) is 25.3. The summed E-state index contributed by atoms with van der Waals surface area (Å²) < 4.78 is 5.12. The van der Waals surface area contributed by atoms with Gasteiger partial charge in [0.2, 0.25) is 0 Å². The predicted molar refractivity (Wildman–Crippen MR) is 75.3 cm³/mol. The van der Waals surface area contributed by atoms with Crippen LogP contribution < -0.4 is 0 Å². The number of halogens is 1. The van der Waals surface area contributed by atoms with Gasteiger partial charge in [-0.3, -0.25) is 14.5 Å². The molecule has 21 heavy (non-hydrogen) atoms. The second-order valence-electron chi connectivity index (χ2n) is 4.51. The zero-order chi connectivity index (χ0) is 15.0. The summed E-state index contributed by atoms with van der Waals surface area (Å²) >= 11 is 5.79. The van der Waals surface area contributed by atoms with Gasteiger partial charge < -0.3 is 9.52 Å². The number of amides is 2. The van der Waals surface area contributed by atoms with Crippen LogP contribution in [-0.4, -0.2) is 21.8 Å². The molecule has 2 amide bonds. The van der Waals surface area contributed by atoms with Crippen molar-refractivity contribution in [3.8, 4) is 0 Å². The van der Waals surface area contributed by atoms with Crippen LogP contribution >= 0.6 is 11.6 Å². The van der Waals surface area contributed by atoms with Crippen molar-refractivity contribution in [3.05, 3.63) is 64.8 Å². The molecule has 0 bridgehead atoms. The van der Waals surface area contributed by atoms with Crippen LogP contribution in [0.3, 0.4) is 0 Å². The highest BCUT2D eigenvalue weighted by Gasteiger charge is 2.39. The number of furan rings is 1. The molecule has 1 aliphatic rings. The molecule has 1 N–H and O–H groups in total. The highest BCUT2D eigenvalue weighted by Crippen LogP contribution is 2.29. The minimum atomic E-state index is -0.735. The van der Waals surface area contributed by atoms with Crippen LogP contribution in [0.5, 0.6) is 0 Å². The standard InChI is InChI=1S/C15H10ClNO4/c16-10-5-3-9(4-6-10)12-13(18)15(20)17(14(12)19)8-11-2-1-7-21-11/h1-7,18H,8H2. The van der Waals surface area contributed by atoms with Gasteiger partial charge in [-0.1, -0.05) is 23.7 Å². The fourth-order valence-electron chi connectivity index (χ4n) is 2.14. The molecule has 0 aliphatic carbocycles. The molecule has 1 aliphatic heterocycles. The lowest BCUT2D eigenvalue weighted by Gasteiger charge is -2.12. The summed E-state index contributed by atoms with van der Waals surface area (Å²) in [5.41, 5.74) is 0.417. The number of benzene rings is 1. The number of aliphatic hydroxyl groups is 1. The fourth-order valence-corrected chi connectivity index (χ4v) is 2.27. The second-order valence-corrected chi connectivity index (χ2v) is 4.94. The lowest BCUT2D eigenvalue weighted by Crippen LogP contribution is -2.30. The van der Waals surface area contributed by atoms with Crippen molar-refractivity contribution in [3.63, 3.8) is 0 Å². The molecular formula is C15H10ClNO4. The van der Waals surface area contributed by atoms with E-state index in [9.17, 15) is 14.7 Å². The van der Waals surface area contributed by atoms with Crippen LogP contribution in [0.1, 0.15) is 11.3 Å². The number of hydrogen-bond acceptors (Lipinski definition) is 4. The third-order valence-electron chi connectivity index (χ3n) is 3.17. The van der Waals surface area contributed by atoms with E-state index in [1.54, 1.807) is 36.4 Å². The Hall–Kier alpha value is -2.53. The van der Waals surface area contributed by atoms with Crippen molar-refractivity contribution in [2.24, 2.45) is 0 Å². The highest BCUT2D eigenvalue weighted by atomic mass is 35.5. The third kappa shape index (κ3) is 2.32. The molecule has 106 valence electrons. The van der Waals surface area contributed by atoms with E-state index in [1.807, 2.05) is 0 Å². The summed E-state index contributed by atoms with van der Waals surface area (Å²) in [6.07, 6.45) is 1.45. The molecule has 0 atom stereocenters. The van der Waals surface area contributed by atoms with Gasteiger partial charge in [0.15, 0.2) is 5.76 Å². The normalized spacial score (nSPS) is 15.2. The summed E-state index contributed by atoms with van der Waals surface area (Å²) in [5.74, 6) is -1.40. The van der Waals surface area contributed by atoms with Gasteiger partial charge in [0.1, 0.15) is 5.76 Å². The monoisotopic (exact) mass is 303 g/mol. The number of nitrogens with zero attached hydrogens (tertiary/aromatic N) is 1. The van der Waals surface area contributed by atoms with Crippen molar-refractivity contribution in [1.29, 1.82) is 0 Å². The van der Waals surface area contributed by atoms with Crippen molar-refractivity contribution in [1.82, 2.24) is 4.90 Å². The maximum atomic E-state index is 12.4. The van der Waals surface area contributed by atoms with Gasteiger partial charge >= 0.3 is 0 Å².